The van der Waals surface area contributed by atoms with E-state index in [0.717, 1.165) is 17.7 Å². The molecule has 1 N–H and O–H groups in total. The fourth-order valence-electron chi connectivity index (χ4n) is 5.93. The predicted molar refractivity (Wildman–Crippen MR) is 149 cm³/mol. The van der Waals surface area contributed by atoms with Crippen LogP contribution in [0.3, 0.4) is 0 Å². The van der Waals surface area contributed by atoms with Crippen LogP contribution in [0.5, 0.6) is 0 Å². The van der Waals surface area contributed by atoms with E-state index in [1.165, 1.54) is 41.6 Å². The van der Waals surface area contributed by atoms with Crippen LogP contribution in [0.4, 0.5) is 36.8 Å². The van der Waals surface area contributed by atoms with Gasteiger partial charge in [0, 0.05) is 61.4 Å². The Kier molecular flexibility index (Phi) is 7.13. The maximum absolute atomic E-state index is 14.2. The van der Waals surface area contributed by atoms with Crippen LogP contribution in [0, 0.1) is 5.82 Å². The molecule has 6 rings (SSSR count). The van der Waals surface area contributed by atoms with E-state index in [2.05, 4.69) is 15.4 Å². The molecule has 2 unspecified atom stereocenters. The van der Waals surface area contributed by atoms with Crippen molar-refractivity contribution >= 4 is 17.7 Å². The third-order valence-electron chi connectivity index (χ3n) is 8.10. The number of nitrogens with one attached hydrogen (secondary N) is 1. The first-order valence-corrected chi connectivity index (χ1v) is 13.9. The highest BCUT2D eigenvalue weighted by Gasteiger charge is 2.48. The molecule has 0 saturated carbocycles. The molecule has 2 atom stereocenters. The molecule has 2 aromatic carbocycles. The van der Waals surface area contributed by atoms with Gasteiger partial charge in [-0.15, -0.1) is 0 Å². The van der Waals surface area contributed by atoms with Gasteiger partial charge in [0.05, 0.1) is 22.6 Å². The van der Waals surface area contributed by atoms with Crippen molar-refractivity contribution in [3.8, 4) is 16.9 Å². The minimum Gasteiger partial charge on any atom is -0.438 e. The average molecular weight is 630 g/mol. The lowest BCUT2D eigenvalue weighted by Gasteiger charge is -2.47. The maximum Gasteiger partial charge on any atom is 0.419 e. The molecule has 0 bridgehead atoms. The zero-order valence-electron chi connectivity index (χ0n) is 23.8. The van der Waals surface area contributed by atoms with E-state index in [9.17, 15) is 35.9 Å². The first-order chi connectivity index (χ1) is 21.2. The van der Waals surface area contributed by atoms with Crippen LogP contribution in [0.15, 0.2) is 67.0 Å². The maximum atomic E-state index is 14.2. The minimum absolute atomic E-state index is 0.0450. The Morgan fingerprint density at radius 2 is 1.87 bits per heavy atom. The lowest BCUT2D eigenvalue weighted by Crippen LogP contribution is -2.53. The largest absolute Gasteiger partial charge is 0.438 e. The average Bonchev–Trinajstić information content (AvgIpc) is 3.42. The Labute approximate surface area is 252 Å². The summed E-state index contributed by atoms with van der Waals surface area (Å²) >= 11 is 0. The normalized spacial score (nSPS) is 20.0. The lowest BCUT2D eigenvalue weighted by molar-refractivity contribution is -0.140. The number of rotatable bonds is 4. The van der Waals surface area contributed by atoms with Crippen molar-refractivity contribution in [2.75, 3.05) is 11.9 Å². The first kappa shape index (κ1) is 30.2. The van der Waals surface area contributed by atoms with Crippen molar-refractivity contribution in [2.24, 2.45) is 0 Å². The molecule has 1 fully saturated rings. The fraction of sp³-hybridized carbons (Fsp3) is 0.290. The SMILES string of the molecule is CC1CC2(CCN1C(=O)c1cc(-c3cccnc3)n(-c3ccc(F)c(C(F)(F)F)c3)n1)OC(=O)Nc1ccc(C(C)(F)F)cc12. The number of nitrogens with zero attached hydrogens (tertiary/aromatic N) is 4. The molecule has 0 radical (unpaired) electrons. The number of ether oxygens (including phenoxy) is 1. The van der Waals surface area contributed by atoms with Crippen LogP contribution < -0.4 is 5.32 Å². The molecule has 4 heterocycles. The van der Waals surface area contributed by atoms with Gasteiger partial charge in [0.2, 0.25) is 0 Å². The second-order valence-corrected chi connectivity index (χ2v) is 11.2. The second-order valence-electron chi connectivity index (χ2n) is 11.2. The highest BCUT2D eigenvalue weighted by Crippen LogP contribution is 2.47. The Balaban J connectivity index is 1.35. The number of hydrogen-bond acceptors (Lipinski definition) is 5. The van der Waals surface area contributed by atoms with Gasteiger partial charge in [-0.05, 0) is 55.5 Å². The monoisotopic (exact) mass is 629 g/mol. The van der Waals surface area contributed by atoms with Crippen LogP contribution in [-0.2, 0) is 22.4 Å². The van der Waals surface area contributed by atoms with E-state index in [1.54, 1.807) is 19.1 Å². The number of fused-ring (bicyclic) bond motifs is 2. The number of anilines is 1. The standard InChI is InChI=1S/C31H25F6N5O3/c1-17-15-30(22-12-19(29(2,33)34)5-8-24(22)39-28(44)45-30)9-11-41(17)27(43)25-14-26(18-4-3-10-38-16-18)42(40-25)20-6-7-23(32)21(13-20)31(35,36)37/h3-8,10,12-14,16-17H,9,11,15H2,1-2H3,(H,39,44). The van der Waals surface area contributed by atoms with E-state index >= 15 is 0 Å². The zero-order valence-corrected chi connectivity index (χ0v) is 23.8. The van der Waals surface area contributed by atoms with Gasteiger partial charge in [-0.3, -0.25) is 15.1 Å². The summed E-state index contributed by atoms with van der Waals surface area (Å²) in [6, 6.07) is 10.4. The molecule has 1 spiro atoms. The highest BCUT2D eigenvalue weighted by atomic mass is 19.4. The minimum atomic E-state index is -4.97. The summed E-state index contributed by atoms with van der Waals surface area (Å²) in [4.78, 5) is 31.9. The molecule has 45 heavy (non-hydrogen) atoms. The number of carbonyl (C=O) groups is 2. The van der Waals surface area contributed by atoms with Crippen LogP contribution in [-0.4, -0.2) is 44.3 Å². The Morgan fingerprint density at radius 3 is 2.53 bits per heavy atom. The van der Waals surface area contributed by atoms with Gasteiger partial charge in [0.25, 0.3) is 11.8 Å². The van der Waals surface area contributed by atoms with Gasteiger partial charge in [0.15, 0.2) is 5.69 Å². The topological polar surface area (TPSA) is 89.3 Å². The third kappa shape index (κ3) is 5.49. The summed E-state index contributed by atoms with van der Waals surface area (Å²) in [6.45, 7) is 2.52. The summed E-state index contributed by atoms with van der Waals surface area (Å²) in [5, 5.41) is 6.88. The van der Waals surface area contributed by atoms with Crippen LogP contribution in [0.2, 0.25) is 0 Å². The predicted octanol–water partition coefficient (Wildman–Crippen LogP) is 7.29. The highest BCUT2D eigenvalue weighted by molar-refractivity contribution is 5.94. The lowest BCUT2D eigenvalue weighted by atomic mass is 9.78. The van der Waals surface area contributed by atoms with E-state index < -0.39 is 47.1 Å². The number of carbonyl (C=O) groups excluding carboxylic acids is 2. The number of amides is 2. The molecule has 0 aliphatic carbocycles. The second kappa shape index (κ2) is 10.6. The molecule has 2 aliphatic rings. The van der Waals surface area contributed by atoms with Crippen LogP contribution in [0.1, 0.15) is 53.9 Å². The number of halogens is 6. The fourth-order valence-corrected chi connectivity index (χ4v) is 5.93. The molecule has 2 amide bonds. The van der Waals surface area contributed by atoms with Crippen molar-refractivity contribution in [1.29, 1.82) is 0 Å². The van der Waals surface area contributed by atoms with Gasteiger partial charge in [0.1, 0.15) is 11.4 Å². The molecule has 2 aliphatic heterocycles. The number of pyridine rings is 1. The van der Waals surface area contributed by atoms with Gasteiger partial charge in [-0.1, -0.05) is 6.07 Å². The number of likely N-dealkylation sites (tertiary alicyclic amines) is 1. The van der Waals surface area contributed by atoms with Gasteiger partial charge in [-0.2, -0.15) is 18.3 Å². The van der Waals surface area contributed by atoms with Crippen LogP contribution >= 0.6 is 0 Å². The summed E-state index contributed by atoms with van der Waals surface area (Å²) in [6.07, 6.45) is -2.60. The van der Waals surface area contributed by atoms with Crippen molar-refractivity contribution in [3.63, 3.8) is 0 Å². The summed E-state index contributed by atoms with van der Waals surface area (Å²) in [5.74, 6) is -5.16. The molecule has 1 saturated heterocycles. The van der Waals surface area contributed by atoms with Crippen molar-refractivity contribution in [1.82, 2.24) is 19.7 Å². The van der Waals surface area contributed by atoms with Crippen molar-refractivity contribution in [3.05, 3.63) is 95.2 Å². The van der Waals surface area contributed by atoms with E-state index in [0.29, 0.717) is 28.9 Å². The zero-order chi connectivity index (χ0) is 32.3. The first-order valence-electron chi connectivity index (χ1n) is 13.9. The summed E-state index contributed by atoms with van der Waals surface area (Å²) in [7, 11) is 0. The smallest absolute Gasteiger partial charge is 0.419 e. The summed E-state index contributed by atoms with van der Waals surface area (Å²) < 4.78 is 89.9. The molecule has 8 nitrogen and oxygen atoms in total. The van der Waals surface area contributed by atoms with E-state index in [-0.39, 0.29) is 42.0 Å². The van der Waals surface area contributed by atoms with Gasteiger partial charge in [-0.25, -0.2) is 22.6 Å². The Morgan fingerprint density at radius 1 is 1.09 bits per heavy atom. The molecular weight excluding hydrogens is 604 g/mol. The van der Waals surface area contributed by atoms with E-state index in [1.807, 2.05) is 0 Å². The van der Waals surface area contributed by atoms with Crippen molar-refractivity contribution < 1.29 is 40.7 Å². The number of benzene rings is 2. The Bertz CT molecular complexity index is 1800. The van der Waals surface area contributed by atoms with Gasteiger partial charge >= 0.3 is 12.3 Å². The summed E-state index contributed by atoms with van der Waals surface area (Å²) in [5.41, 5.74) is -1.87. The van der Waals surface area contributed by atoms with Crippen molar-refractivity contribution in [2.45, 2.75) is 50.4 Å². The van der Waals surface area contributed by atoms with Gasteiger partial charge < -0.3 is 9.64 Å². The molecule has 234 valence electrons. The third-order valence-corrected chi connectivity index (χ3v) is 8.10. The molecule has 14 heteroatoms. The molecular formula is C31H25F6N5O3. The van der Waals surface area contributed by atoms with E-state index in [4.69, 9.17) is 4.74 Å². The number of hydrogen-bond donors (Lipinski definition) is 1. The number of piperidine rings is 1. The molecule has 2 aromatic heterocycles. The number of aromatic nitrogens is 3. The molecule has 4 aromatic rings. The van der Waals surface area contributed by atoms with Crippen LogP contribution in [0.25, 0.3) is 16.9 Å². The Hall–Kier alpha value is -4.88. The number of alkyl halides is 5. The quantitative estimate of drug-likeness (QED) is 0.240.